The molecule has 0 bridgehead atoms. The van der Waals surface area contributed by atoms with Gasteiger partial charge >= 0.3 is 4.87 Å². The van der Waals surface area contributed by atoms with Crippen molar-refractivity contribution in [1.82, 2.24) is 9.71 Å². The molecule has 2 aromatic rings. The Labute approximate surface area is 125 Å². The van der Waals surface area contributed by atoms with Crippen molar-refractivity contribution in [3.63, 3.8) is 0 Å². The van der Waals surface area contributed by atoms with E-state index >= 15 is 0 Å². The van der Waals surface area contributed by atoms with Crippen molar-refractivity contribution >= 4 is 21.4 Å². The molecule has 21 heavy (non-hydrogen) atoms. The molecule has 0 fully saturated rings. The van der Waals surface area contributed by atoms with E-state index in [0.29, 0.717) is 33.7 Å². The van der Waals surface area contributed by atoms with Crippen LogP contribution in [0, 0.1) is 26.6 Å². The maximum atomic E-state index is 13.5. The van der Waals surface area contributed by atoms with E-state index in [1.165, 1.54) is 6.92 Å². The Kier molecular flexibility index (Phi) is 4.31. The number of hydrogen-bond acceptors (Lipinski definition) is 4. The van der Waals surface area contributed by atoms with Crippen LogP contribution in [-0.4, -0.2) is 13.4 Å². The first-order valence-corrected chi connectivity index (χ1v) is 8.45. The fraction of sp³-hybridized carbons (Fsp3) is 0.308. The Morgan fingerprint density at radius 3 is 2.29 bits per heavy atom. The molecule has 114 valence electrons. The van der Waals surface area contributed by atoms with Gasteiger partial charge in [-0.25, -0.2) is 17.5 Å². The summed E-state index contributed by atoms with van der Waals surface area (Å²) in [6.45, 7) is 4.82. The van der Waals surface area contributed by atoms with Crippen LogP contribution in [0.4, 0.5) is 4.39 Å². The second-order valence-corrected chi connectivity index (χ2v) is 7.74. The lowest BCUT2D eigenvalue weighted by Crippen LogP contribution is -2.23. The largest absolute Gasteiger partial charge is 0.315 e. The van der Waals surface area contributed by atoms with Crippen LogP contribution >= 0.6 is 11.3 Å². The summed E-state index contributed by atoms with van der Waals surface area (Å²) >= 11 is 0.644. The van der Waals surface area contributed by atoms with E-state index in [4.69, 9.17) is 0 Å². The van der Waals surface area contributed by atoms with Crippen molar-refractivity contribution in [3.05, 3.63) is 50.0 Å². The summed E-state index contributed by atoms with van der Waals surface area (Å²) < 4.78 is 40.2. The van der Waals surface area contributed by atoms with Crippen molar-refractivity contribution in [2.24, 2.45) is 0 Å². The molecule has 0 atom stereocenters. The van der Waals surface area contributed by atoms with Crippen molar-refractivity contribution in [3.8, 4) is 0 Å². The summed E-state index contributed by atoms with van der Waals surface area (Å²) in [5.74, 6) is -0.290. The van der Waals surface area contributed by atoms with E-state index in [1.54, 1.807) is 26.0 Å². The summed E-state index contributed by atoms with van der Waals surface area (Å²) in [5.41, 5.74) is 1.90. The molecular formula is C13H15FN2O3S2. The molecule has 0 unspecified atom stereocenters. The number of nitrogens with one attached hydrogen (secondary N) is 2. The molecule has 8 heteroatoms. The average molecular weight is 330 g/mol. The van der Waals surface area contributed by atoms with E-state index in [1.807, 2.05) is 0 Å². The molecule has 2 rings (SSSR count). The Balaban J connectivity index is 2.23. The van der Waals surface area contributed by atoms with Gasteiger partial charge in [-0.3, -0.25) is 4.79 Å². The first-order chi connectivity index (χ1) is 9.70. The molecule has 5 nitrogen and oxygen atoms in total. The van der Waals surface area contributed by atoms with Crippen LogP contribution in [0.15, 0.2) is 21.1 Å². The molecule has 1 aromatic carbocycles. The number of halogens is 1. The van der Waals surface area contributed by atoms with E-state index in [9.17, 15) is 17.6 Å². The van der Waals surface area contributed by atoms with Crippen LogP contribution in [0.3, 0.4) is 0 Å². The van der Waals surface area contributed by atoms with Crippen LogP contribution in [0.1, 0.15) is 22.4 Å². The predicted octanol–water partition coefficient (Wildman–Crippen LogP) is 1.98. The summed E-state index contributed by atoms with van der Waals surface area (Å²) in [7, 11) is -3.76. The third kappa shape index (κ3) is 3.39. The monoisotopic (exact) mass is 330 g/mol. The standard InChI is InChI=1S/C13H15FN2O3S2/c1-7-4-10(5-8(2)11(7)14)6-15-21(18,19)12-9(3)16-13(17)20-12/h4-5,15H,6H2,1-3H3,(H,16,17). The van der Waals surface area contributed by atoms with E-state index in [-0.39, 0.29) is 16.6 Å². The van der Waals surface area contributed by atoms with Gasteiger partial charge in [-0.05, 0) is 37.5 Å². The van der Waals surface area contributed by atoms with Crippen LogP contribution in [0.5, 0.6) is 0 Å². The molecular weight excluding hydrogens is 315 g/mol. The van der Waals surface area contributed by atoms with E-state index in [2.05, 4.69) is 9.71 Å². The lowest BCUT2D eigenvalue weighted by Gasteiger charge is -2.08. The summed E-state index contributed by atoms with van der Waals surface area (Å²) in [4.78, 5) is 13.2. The Hall–Kier alpha value is -1.51. The highest BCUT2D eigenvalue weighted by molar-refractivity contribution is 7.91. The Bertz CT molecular complexity index is 814. The molecule has 0 aliphatic heterocycles. The molecule has 0 radical (unpaired) electrons. The highest BCUT2D eigenvalue weighted by atomic mass is 32.2. The Morgan fingerprint density at radius 1 is 1.24 bits per heavy atom. The molecule has 1 heterocycles. The number of H-pyrrole nitrogens is 1. The highest BCUT2D eigenvalue weighted by Gasteiger charge is 2.20. The maximum absolute atomic E-state index is 13.5. The fourth-order valence-corrected chi connectivity index (χ4v) is 4.39. The van der Waals surface area contributed by atoms with Crippen LogP contribution in [0.2, 0.25) is 0 Å². The quantitative estimate of drug-likeness (QED) is 0.900. The molecule has 0 aliphatic rings. The molecule has 0 saturated heterocycles. The third-order valence-corrected chi connectivity index (χ3v) is 5.99. The first-order valence-electron chi connectivity index (χ1n) is 6.15. The number of benzene rings is 1. The number of aromatic nitrogens is 1. The normalized spacial score (nSPS) is 11.8. The van der Waals surface area contributed by atoms with Gasteiger partial charge in [-0.15, -0.1) is 0 Å². The van der Waals surface area contributed by atoms with Gasteiger partial charge in [0.05, 0.1) is 0 Å². The van der Waals surface area contributed by atoms with Gasteiger partial charge in [0.2, 0.25) is 0 Å². The summed E-state index contributed by atoms with van der Waals surface area (Å²) in [6, 6.07) is 3.19. The summed E-state index contributed by atoms with van der Waals surface area (Å²) in [5, 5.41) is 0. The third-order valence-electron chi connectivity index (χ3n) is 2.99. The zero-order chi connectivity index (χ0) is 15.8. The van der Waals surface area contributed by atoms with Gasteiger partial charge in [-0.2, -0.15) is 0 Å². The minimum Gasteiger partial charge on any atom is -0.315 e. The van der Waals surface area contributed by atoms with E-state index < -0.39 is 14.9 Å². The minimum atomic E-state index is -3.76. The van der Waals surface area contributed by atoms with Gasteiger partial charge in [-0.1, -0.05) is 23.5 Å². The van der Waals surface area contributed by atoms with Crippen molar-refractivity contribution in [2.75, 3.05) is 0 Å². The zero-order valence-electron chi connectivity index (χ0n) is 11.8. The smallest absolute Gasteiger partial charge is 0.305 e. The van der Waals surface area contributed by atoms with Gasteiger partial charge in [0, 0.05) is 12.2 Å². The number of sulfonamides is 1. The maximum Gasteiger partial charge on any atom is 0.305 e. The lowest BCUT2D eigenvalue weighted by atomic mass is 10.1. The summed E-state index contributed by atoms with van der Waals surface area (Å²) in [6.07, 6.45) is 0. The van der Waals surface area contributed by atoms with E-state index in [0.717, 1.165) is 0 Å². The predicted molar refractivity (Wildman–Crippen MR) is 79.6 cm³/mol. The SMILES string of the molecule is Cc1cc(CNS(=O)(=O)c2sc(=O)[nH]c2C)cc(C)c1F. The number of rotatable bonds is 4. The molecule has 2 N–H and O–H groups in total. The number of aryl methyl sites for hydroxylation is 3. The van der Waals surface area contributed by atoms with Crippen LogP contribution in [-0.2, 0) is 16.6 Å². The van der Waals surface area contributed by atoms with Crippen LogP contribution < -0.4 is 9.60 Å². The fourth-order valence-electron chi connectivity index (χ4n) is 2.03. The first kappa shape index (κ1) is 15.9. The molecule has 1 aromatic heterocycles. The zero-order valence-corrected chi connectivity index (χ0v) is 13.4. The van der Waals surface area contributed by atoms with Crippen LogP contribution in [0.25, 0.3) is 0 Å². The van der Waals surface area contributed by atoms with Crippen molar-refractivity contribution in [2.45, 2.75) is 31.5 Å². The second kappa shape index (κ2) is 5.70. The highest BCUT2D eigenvalue weighted by Crippen LogP contribution is 2.18. The molecule has 0 spiro atoms. The molecule has 0 aliphatic carbocycles. The molecule has 0 amide bonds. The van der Waals surface area contributed by atoms with Crippen molar-refractivity contribution < 1.29 is 12.8 Å². The van der Waals surface area contributed by atoms with Gasteiger partial charge in [0.1, 0.15) is 5.82 Å². The minimum absolute atomic E-state index is 0.0249. The van der Waals surface area contributed by atoms with Gasteiger partial charge in [0.25, 0.3) is 10.0 Å². The number of thiazole rings is 1. The van der Waals surface area contributed by atoms with Crippen molar-refractivity contribution in [1.29, 1.82) is 0 Å². The molecule has 0 saturated carbocycles. The topological polar surface area (TPSA) is 79.0 Å². The number of aromatic amines is 1. The number of hydrogen-bond donors (Lipinski definition) is 2. The lowest BCUT2D eigenvalue weighted by molar-refractivity contribution is 0.582. The van der Waals surface area contributed by atoms with Gasteiger partial charge < -0.3 is 4.98 Å². The van der Waals surface area contributed by atoms with Gasteiger partial charge in [0.15, 0.2) is 4.21 Å². The second-order valence-electron chi connectivity index (χ2n) is 4.80. The average Bonchev–Trinajstić information content (AvgIpc) is 2.73. The Morgan fingerprint density at radius 2 is 1.81 bits per heavy atom.